The highest BCUT2D eigenvalue weighted by molar-refractivity contribution is 4.58. The van der Waals surface area contributed by atoms with Gasteiger partial charge in [0.05, 0.1) is 6.61 Å². The average Bonchev–Trinajstić information content (AvgIpc) is 1.84. The number of rotatable bonds is 4. The van der Waals surface area contributed by atoms with E-state index in [1.165, 1.54) is 6.92 Å². The minimum Gasteiger partial charge on any atom is -0.310 e. The van der Waals surface area contributed by atoms with Crippen LogP contribution in [-0.2, 0) is 4.74 Å². The summed E-state index contributed by atoms with van der Waals surface area (Å²) in [5, 5.41) is 0. The molecule has 1 nitrogen and oxygen atoms in total. The van der Waals surface area contributed by atoms with Crippen molar-refractivity contribution in [2.45, 2.75) is 25.9 Å². The second-order valence-corrected chi connectivity index (χ2v) is 1.56. The molecule has 10 heavy (non-hydrogen) atoms. The van der Waals surface area contributed by atoms with Crippen LogP contribution in [0, 0.1) is 6.61 Å². The first-order chi connectivity index (χ1) is 4.50. The van der Waals surface area contributed by atoms with Gasteiger partial charge in [-0.2, -0.15) is 8.78 Å². The van der Waals surface area contributed by atoms with Gasteiger partial charge >= 0.3 is 12.5 Å². The van der Waals surface area contributed by atoms with Crippen LogP contribution < -0.4 is 0 Å². The van der Waals surface area contributed by atoms with Gasteiger partial charge in [0.15, 0.2) is 0 Å². The molecule has 0 heterocycles. The Morgan fingerprint density at radius 3 is 2.30 bits per heavy atom. The lowest BCUT2D eigenvalue weighted by Crippen LogP contribution is -2.28. The molecular formula is C5H7F4O. The largest absolute Gasteiger partial charge is 0.416 e. The highest BCUT2D eigenvalue weighted by Gasteiger charge is 2.41. The van der Waals surface area contributed by atoms with Crippen LogP contribution >= 0.6 is 0 Å². The second kappa shape index (κ2) is 3.75. The first-order valence-corrected chi connectivity index (χ1v) is 2.66. The molecule has 5 heteroatoms. The molecule has 0 aromatic heterocycles. The Labute approximate surface area is 56.0 Å². The summed E-state index contributed by atoms with van der Waals surface area (Å²) in [6, 6.07) is 0. The van der Waals surface area contributed by atoms with Crippen LogP contribution in [0.1, 0.15) is 13.3 Å². The van der Waals surface area contributed by atoms with Gasteiger partial charge in [-0.25, -0.2) is 8.78 Å². The normalized spacial score (nSPS) is 12.6. The maximum atomic E-state index is 11.7. The van der Waals surface area contributed by atoms with Crippen LogP contribution in [0.4, 0.5) is 17.6 Å². The molecule has 0 aromatic rings. The number of hydrogen-bond donors (Lipinski definition) is 0. The SMILES string of the molecule is CC[CH]OC(F)(F)C(F)F. The quantitative estimate of drug-likeness (QED) is 0.572. The van der Waals surface area contributed by atoms with Crippen LogP contribution in [0.25, 0.3) is 0 Å². The molecule has 0 spiro atoms. The van der Waals surface area contributed by atoms with Gasteiger partial charge in [0, 0.05) is 0 Å². The highest BCUT2D eigenvalue weighted by Crippen LogP contribution is 2.24. The summed E-state index contributed by atoms with van der Waals surface area (Å²) in [6.45, 7) is 2.15. The number of ether oxygens (including phenoxy) is 1. The fraction of sp³-hybridized carbons (Fsp3) is 0.800. The van der Waals surface area contributed by atoms with Crippen molar-refractivity contribution in [3.8, 4) is 0 Å². The lowest BCUT2D eigenvalue weighted by molar-refractivity contribution is -0.285. The first-order valence-electron chi connectivity index (χ1n) is 2.66. The predicted molar refractivity (Wildman–Crippen MR) is 26.6 cm³/mol. The summed E-state index contributed by atoms with van der Waals surface area (Å²) in [6.07, 6.45) is -7.94. The van der Waals surface area contributed by atoms with Gasteiger partial charge in [0.2, 0.25) is 0 Å². The molecule has 0 aromatic carbocycles. The summed E-state index contributed by atoms with van der Waals surface area (Å²) in [4.78, 5) is 0. The molecule has 0 N–H and O–H groups in total. The van der Waals surface area contributed by atoms with Gasteiger partial charge in [0.1, 0.15) is 0 Å². The monoisotopic (exact) mass is 159 g/mol. The van der Waals surface area contributed by atoms with Crippen LogP contribution in [0.3, 0.4) is 0 Å². The van der Waals surface area contributed by atoms with Gasteiger partial charge in [-0.3, -0.25) is 0 Å². The van der Waals surface area contributed by atoms with Crippen molar-refractivity contribution < 1.29 is 22.3 Å². The summed E-state index contributed by atoms with van der Waals surface area (Å²) >= 11 is 0. The Kier molecular flexibility index (Phi) is 3.63. The van der Waals surface area contributed by atoms with Crippen molar-refractivity contribution in [1.82, 2.24) is 0 Å². The van der Waals surface area contributed by atoms with Crippen molar-refractivity contribution >= 4 is 0 Å². The molecule has 0 amide bonds. The zero-order chi connectivity index (χ0) is 8.20. The Morgan fingerprint density at radius 2 is 2.00 bits per heavy atom. The molecule has 0 aliphatic rings. The molecule has 0 unspecified atom stereocenters. The second-order valence-electron chi connectivity index (χ2n) is 1.56. The standard InChI is InChI=1S/C5H7F4O/c1-2-3-10-5(8,9)4(6)7/h3-4H,2H2,1H3. The fourth-order valence-electron chi connectivity index (χ4n) is 0.246. The Balaban J connectivity index is 3.63. The predicted octanol–water partition coefficient (Wildman–Crippen LogP) is 2.43. The van der Waals surface area contributed by atoms with Crippen molar-refractivity contribution in [2.75, 3.05) is 0 Å². The van der Waals surface area contributed by atoms with E-state index >= 15 is 0 Å². The minimum absolute atomic E-state index is 0.169. The molecule has 0 rings (SSSR count). The Bertz CT molecular complexity index is 93.6. The summed E-state index contributed by atoms with van der Waals surface area (Å²) < 4.78 is 49.4. The summed E-state index contributed by atoms with van der Waals surface area (Å²) in [7, 11) is 0. The van der Waals surface area contributed by atoms with Crippen LogP contribution in [0.5, 0.6) is 0 Å². The Morgan fingerprint density at radius 1 is 1.50 bits per heavy atom. The van der Waals surface area contributed by atoms with E-state index in [9.17, 15) is 17.6 Å². The molecule has 0 atom stereocenters. The molecule has 0 fully saturated rings. The number of hydrogen-bond acceptors (Lipinski definition) is 1. The molecule has 0 saturated heterocycles. The lowest BCUT2D eigenvalue weighted by Gasteiger charge is -2.13. The van der Waals surface area contributed by atoms with E-state index in [4.69, 9.17) is 0 Å². The maximum Gasteiger partial charge on any atom is 0.416 e. The molecule has 0 aliphatic carbocycles. The molecule has 1 radical (unpaired) electrons. The van der Waals surface area contributed by atoms with Crippen molar-refractivity contribution in [2.24, 2.45) is 0 Å². The number of alkyl halides is 4. The van der Waals surface area contributed by atoms with Gasteiger partial charge < -0.3 is 4.74 Å². The van der Waals surface area contributed by atoms with Crippen LogP contribution in [-0.4, -0.2) is 12.5 Å². The van der Waals surface area contributed by atoms with E-state index in [0.717, 1.165) is 0 Å². The van der Waals surface area contributed by atoms with E-state index < -0.39 is 12.5 Å². The van der Waals surface area contributed by atoms with Gasteiger partial charge in [-0.1, -0.05) is 6.92 Å². The smallest absolute Gasteiger partial charge is 0.310 e. The van der Waals surface area contributed by atoms with Crippen molar-refractivity contribution in [3.05, 3.63) is 6.61 Å². The third kappa shape index (κ3) is 3.00. The number of halogens is 4. The summed E-state index contributed by atoms with van der Waals surface area (Å²) in [5.74, 6) is 0. The van der Waals surface area contributed by atoms with E-state index in [2.05, 4.69) is 4.74 Å². The molecule has 0 bridgehead atoms. The average molecular weight is 159 g/mol. The van der Waals surface area contributed by atoms with Gasteiger partial charge in [0.25, 0.3) is 0 Å². The zero-order valence-corrected chi connectivity index (χ0v) is 5.28. The van der Waals surface area contributed by atoms with Gasteiger partial charge in [-0.05, 0) is 6.42 Å². The zero-order valence-electron chi connectivity index (χ0n) is 5.28. The Hall–Kier alpha value is -0.320. The van der Waals surface area contributed by atoms with Crippen molar-refractivity contribution in [1.29, 1.82) is 0 Å². The van der Waals surface area contributed by atoms with Crippen LogP contribution in [0.2, 0.25) is 0 Å². The fourth-order valence-corrected chi connectivity index (χ4v) is 0.246. The molecule has 0 saturated carbocycles. The lowest BCUT2D eigenvalue weighted by atomic mass is 10.5. The third-order valence-corrected chi connectivity index (χ3v) is 0.661. The maximum absolute atomic E-state index is 11.7. The summed E-state index contributed by atoms with van der Waals surface area (Å²) in [5.41, 5.74) is 0. The molecule has 61 valence electrons. The first kappa shape index (κ1) is 9.68. The topological polar surface area (TPSA) is 9.23 Å². The van der Waals surface area contributed by atoms with E-state index in [1.807, 2.05) is 0 Å². The van der Waals surface area contributed by atoms with Gasteiger partial charge in [-0.15, -0.1) is 0 Å². The van der Waals surface area contributed by atoms with Crippen LogP contribution in [0.15, 0.2) is 0 Å². The minimum atomic E-state index is -4.34. The highest BCUT2D eigenvalue weighted by atomic mass is 19.3. The van der Waals surface area contributed by atoms with E-state index in [-0.39, 0.29) is 6.42 Å². The molecule has 0 aliphatic heterocycles. The third-order valence-electron chi connectivity index (χ3n) is 0.661. The van der Waals surface area contributed by atoms with E-state index in [0.29, 0.717) is 6.61 Å². The van der Waals surface area contributed by atoms with Crippen molar-refractivity contribution in [3.63, 3.8) is 0 Å². The van der Waals surface area contributed by atoms with E-state index in [1.54, 1.807) is 0 Å². The molecular weight excluding hydrogens is 152 g/mol.